The Balaban J connectivity index is 2.78. The SMILES string of the molecule is COP(=S)(OC)Oc1ccc(C)cc1. The maximum atomic E-state index is 5.44. The zero-order valence-corrected chi connectivity index (χ0v) is 10.1. The minimum absolute atomic E-state index is 0.669. The zero-order chi connectivity index (χ0) is 10.6. The van der Waals surface area contributed by atoms with Gasteiger partial charge in [0.25, 0.3) is 0 Å². The van der Waals surface area contributed by atoms with Crippen molar-refractivity contribution in [3.8, 4) is 5.75 Å². The van der Waals surface area contributed by atoms with E-state index in [4.69, 9.17) is 25.4 Å². The fraction of sp³-hybridized carbons (Fsp3) is 0.333. The molecule has 14 heavy (non-hydrogen) atoms. The van der Waals surface area contributed by atoms with Crippen molar-refractivity contribution in [2.45, 2.75) is 6.92 Å². The molecule has 1 rings (SSSR count). The average Bonchev–Trinajstić information content (AvgIpc) is 2.21. The van der Waals surface area contributed by atoms with Crippen LogP contribution in [0.25, 0.3) is 0 Å². The molecule has 0 radical (unpaired) electrons. The molecule has 0 bridgehead atoms. The van der Waals surface area contributed by atoms with Crippen LogP contribution in [0.15, 0.2) is 24.3 Å². The van der Waals surface area contributed by atoms with Crippen molar-refractivity contribution in [2.24, 2.45) is 0 Å². The summed E-state index contributed by atoms with van der Waals surface area (Å²) in [6.45, 7) is -0.578. The molecule has 0 atom stereocenters. The summed E-state index contributed by atoms with van der Waals surface area (Å²) in [5.41, 5.74) is 1.17. The van der Waals surface area contributed by atoms with Gasteiger partial charge in [0.2, 0.25) is 0 Å². The number of aryl methyl sites for hydroxylation is 1. The smallest absolute Gasteiger partial charge is 0.380 e. The number of hydrogen-bond acceptors (Lipinski definition) is 4. The van der Waals surface area contributed by atoms with Gasteiger partial charge in [0.15, 0.2) is 0 Å². The van der Waals surface area contributed by atoms with Crippen molar-refractivity contribution in [1.29, 1.82) is 0 Å². The first-order valence-corrected chi connectivity index (χ1v) is 6.63. The first kappa shape index (κ1) is 11.7. The van der Waals surface area contributed by atoms with Crippen molar-refractivity contribution in [1.82, 2.24) is 0 Å². The molecule has 0 heterocycles. The molecule has 0 amide bonds. The lowest BCUT2D eigenvalue weighted by Crippen LogP contribution is -1.96. The molecule has 0 aliphatic carbocycles. The second-order valence-electron chi connectivity index (χ2n) is 2.72. The van der Waals surface area contributed by atoms with Gasteiger partial charge in [0, 0.05) is 26.0 Å². The highest BCUT2D eigenvalue weighted by atomic mass is 32.5. The van der Waals surface area contributed by atoms with Crippen molar-refractivity contribution < 1.29 is 13.6 Å². The standard InChI is InChI=1S/C9H13O3PS/c1-8-4-6-9(7-5-8)12-13(14,10-2)11-3/h4-7H,1-3H3. The molecule has 0 unspecified atom stereocenters. The summed E-state index contributed by atoms with van der Waals surface area (Å²) in [5.74, 6) is 0.669. The Labute approximate surface area is 89.2 Å². The third-order valence-corrected chi connectivity index (χ3v) is 4.13. The molecule has 0 saturated carbocycles. The van der Waals surface area contributed by atoms with Crippen LogP contribution in [0.3, 0.4) is 0 Å². The fourth-order valence-corrected chi connectivity index (χ4v) is 1.81. The van der Waals surface area contributed by atoms with Crippen LogP contribution >= 0.6 is 6.72 Å². The van der Waals surface area contributed by atoms with Crippen LogP contribution in [-0.4, -0.2) is 14.2 Å². The Morgan fingerprint density at radius 2 is 1.57 bits per heavy atom. The second kappa shape index (κ2) is 4.89. The summed E-state index contributed by atoms with van der Waals surface area (Å²) in [5, 5.41) is 0. The summed E-state index contributed by atoms with van der Waals surface area (Å²) >= 11 is 5.06. The van der Waals surface area contributed by atoms with Crippen LogP contribution in [0.5, 0.6) is 5.75 Å². The van der Waals surface area contributed by atoms with E-state index in [-0.39, 0.29) is 0 Å². The van der Waals surface area contributed by atoms with Gasteiger partial charge in [0.1, 0.15) is 5.75 Å². The van der Waals surface area contributed by atoms with Crippen LogP contribution in [0.1, 0.15) is 5.56 Å². The Morgan fingerprint density at radius 3 is 2.00 bits per heavy atom. The van der Waals surface area contributed by atoms with E-state index in [1.807, 2.05) is 31.2 Å². The monoisotopic (exact) mass is 232 g/mol. The highest BCUT2D eigenvalue weighted by Gasteiger charge is 2.17. The summed E-state index contributed by atoms with van der Waals surface area (Å²) in [6.07, 6.45) is 0. The first-order chi connectivity index (χ1) is 6.59. The maximum Gasteiger partial charge on any atom is 0.380 e. The molecule has 0 spiro atoms. The van der Waals surface area contributed by atoms with E-state index in [9.17, 15) is 0 Å². The van der Waals surface area contributed by atoms with E-state index in [2.05, 4.69) is 0 Å². The predicted octanol–water partition coefficient (Wildman–Crippen LogP) is 2.89. The van der Waals surface area contributed by atoms with Crippen molar-refractivity contribution in [2.75, 3.05) is 14.2 Å². The topological polar surface area (TPSA) is 27.7 Å². The summed E-state index contributed by atoms with van der Waals surface area (Å²) in [7, 11) is 2.97. The molecular weight excluding hydrogens is 219 g/mol. The molecule has 0 saturated heterocycles. The minimum Gasteiger partial charge on any atom is -0.424 e. The fourth-order valence-electron chi connectivity index (χ4n) is 0.877. The Hall–Kier alpha value is -0.410. The molecule has 1 aromatic carbocycles. The lowest BCUT2D eigenvalue weighted by molar-refractivity contribution is 0.273. The van der Waals surface area contributed by atoms with Gasteiger partial charge in [0.05, 0.1) is 0 Å². The molecule has 0 N–H and O–H groups in total. The van der Waals surface area contributed by atoms with Gasteiger partial charge < -0.3 is 13.6 Å². The van der Waals surface area contributed by atoms with E-state index >= 15 is 0 Å². The Kier molecular flexibility index (Phi) is 4.08. The molecule has 3 nitrogen and oxygen atoms in total. The van der Waals surface area contributed by atoms with Gasteiger partial charge >= 0.3 is 6.72 Å². The van der Waals surface area contributed by atoms with E-state index in [1.165, 1.54) is 19.8 Å². The van der Waals surface area contributed by atoms with E-state index in [0.717, 1.165) is 0 Å². The van der Waals surface area contributed by atoms with Gasteiger partial charge in [-0.1, -0.05) is 17.7 Å². The minimum atomic E-state index is -2.58. The average molecular weight is 232 g/mol. The summed E-state index contributed by atoms with van der Waals surface area (Å²) in [4.78, 5) is 0. The van der Waals surface area contributed by atoms with Crippen LogP contribution < -0.4 is 4.52 Å². The van der Waals surface area contributed by atoms with Gasteiger partial charge in [-0.3, -0.25) is 0 Å². The van der Waals surface area contributed by atoms with Crippen molar-refractivity contribution >= 4 is 18.5 Å². The lowest BCUT2D eigenvalue weighted by atomic mass is 10.2. The molecule has 0 aromatic heterocycles. The predicted molar refractivity (Wildman–Crippen MR) is 60.1 cm³/mol. The van der Waals surface area contributed by atoms with Crippen LogP contribution in [0.4, 0.5) is 0 Å². The number of rotatable bonds is 4. The molecule has 1 aromatic rings. The Morgan fingerprint density at radius 1 is 1.07 bits per heavy atom. The highest BCUT2D eigenvalue weighted by Crippen LogP contribution is 2.47. The number of benzene rings is 1. The summed E-state index contributed by atoms with van der Waals surface area (Å²) in [6, 6.07) is 7.57. The van der Waals surface area contributed by atoms with Gasteiger partial charge in [-0.15, -0.1) is 0 Å². The normalized spacial score (nSPS) is 11.4. The van der Waals surface area contributed by atoms with Gasteiger partial charge in [-0.25, -0.2) is 0 Å². The molecular formula is C9H13O3PS. The second-order valence-corrected chi connectivity index (χ2v) is 5.87. The molecule has 0 aliphatic rings. The first-order valence-electron chi connectivity index (χ1n) is 4.07. The number of hydrogen-bond donors (Lipinski definition) is 0. The summed E-state index contributed by atoms with van der Waals surface area (Å²) < 4.78 is 15.4. The van der Waals surface area contributed by atoms with Crippen LogP contribution in [0.2, 0.25) is 0 Å². The highest BCUT2D eigenvalue weighted by molar-refractivity contribution is 8.07. The van der Waals surface area contributed by atoms with E-state index in [1.54, 1.807) is 0 Å². The quantitative estimate of drug-likeness (QED) is 0.746. The van der Waals surface area contributed by atoms with E-state index in [0.29, 0.717) is 5.75 Å². The van der Waals surface area contributed by atoms with Crippen molar-refractivity contribution in [3.63, 3.8) is 0 Å². The van der Waals surface area contributed by atoms with Crippen LogP contribution in [0, 0.1) is 6.92 Å². The Bertz CT molecular complexity index is 328. The van der Waals surface area contributed by atoms with Crippen molar-refractivity contribution in [3.05, 3.63) is 29.8 Å². The third kappa shape index (κ3) is 3.07. The van der Waals surface area contributed by atoms with Gasteiger partial charge in [-0.2, -0.15) is 0 Å². The molecule has 78 valence electrons. The lowest BCUT2D eigenvalue weighted by Gasteiger charge is -2.18. The zero-order valence-electron chi connectivity index (χ0n) is 8.39. The maximum absolute atomic E-state index is 5.44. The van der Waals surface area contributed by atoms with E-state index < -0.39 is 6.72 Å². The third-order valence-electron chi connectivity index (χ3n) is 1.69. The molecule has 5 heteroatoms. The molecule has 0 fully saturated rings. The van der Waals surface area contributed by atoms with Gasteiger partial charge in [-0.05, 0) is 19.1 Å². The van der Waals surface area contributed by atoms with Crippen LogP contribution in [-0.2, 0) is 20.9 Å². The molecule has 0 aliphatic heterocycles. The largest absolute Gasteiger partial charge is 0.424 e.